The van der Waals surface area contributed by atoms with Crippen molar-refractivity contribution in [2.75, 3.05) is 19.8 Å². The summed E-state index contributed by atoms with van der Waals surface area (Å²) in [6, 6.07) is -0.0118. The Morgan fingerprint density at radius 2 is 2.05 bits per heavy atom. The lowest BCUT2D eigenvalue weighted by Crippen LogP contribution is -2.44. The summed E-state index contributed by atoms with van der Waals surface area (Å²) in [5.41, 5.74) is 3.23. The van der Waals surface area contributed by atoms with Crippen LogP contribution < -0.4 is 0 Å². The summed E-state index contributed by atoms with van der Waals surface area (Å²) >= 11 is 0. The molecule has 1 fully saturated rings. The topological polar surface area (TPSA) is 47.4 Å². The standard InChI is InChI=1S/C16H27N3O2/c1-11-15(12(2)18(6)17-11)13-10-21-8-7-19(13)14(20)9-16(3,4)5/h13H,7-10H2,1-6H3. The molecule has 2 heterocycles. The van der Waals surface area contributed by atoms with Gasteiger partial charge in [-0.25, -0.2) is 0 Å². The first-order chi connectivity index (χ1) is 9.70. The predicted molar refractivity (Wildman–Crippen MR) is 82.0 cm³/mol. The summed E-state index contributed by atoms with van der Waals surface area (Å²) in [7, 11) is 1.94. The zero-order chi connectivity index (χ0) is 15.8. The molecule has 1 aliphatic heterocycles. The lowest BCUT2D eigenvalue weighted by Gasteiger charge is -2.37. The summed E-state index contributed by atoms with van der Waals surface area (Å²) in [6.45, 7) is 12.2. The van der Waals surface area contributed by atoms with Crippen molar-refractivity contribution < 1.29 is 9.53 Å². The van der Waals surface area contributed by atoms with Crippen molar-refractivity contribution in [2.45, 2.75) is 47.1 Å². The Kier molecular flexibility index (Phi) is 4.42. The van der Waals surface area contributed by atoms with Crippen LogP contribution in [0.3, 0.4) is 0 Å². The van der Waals surface area contributed by atoms with E-state index in [-0.39, 0.29) is 17.4 Å². The van der Waals surface area contributed by atoms with E-state index in [2.05, 4.69) is 32.8 Å². The second kappa shape index (κ2) is 5.79. The number of aryl methyl sites for hydroxylation is 2. The number of hydrogen-bond acceptors (Lipinski definition) is 3. The van der Waals surface area contributed by atoms with Crippen LogP contribution in [-0.2, 0) is 16.6 Å². The minimum Gasteiger partial charge on any atom is -0.377 e. The molecule has 0 aliphatic carbocycles. The summed E-state index contributed by atoms with van der Waals surface area (Å²) in [4.78, 5) is 14.6. The first kappa shape index (κ1) is 16.0. The van der Waals surface area contributed by atoms with E-state index in [9.17, 15) is 4.79 Å². The van der Waals surface area contributed by atoms with E-state index in [1.54, 1.807) is 0 Å². The molecule has 0 N–H and O–H groups in total. The molecule has 1 atom stereocenters. The van der Waals surface area contributed by atoms with Gasteiger partial charge in [0.05, 0.1) is 24.9 Å². The van der Waals surface area contributed by atoms with Crippen LogP contribution in [0.2, 0.25) is 0 Å². The molecule has 0 aromatic carbocycles. The highest BCUT2D eigenvalue weighted by Crippen LogP contribution is 2.31. The zero-order valence-electron chi connectivity index (χ0n) is 14.1. The number of morpholine rings is 1. The molecule has 21 heavy (non-hydrogen) atoms. The molecule has 2 rings (SSSR count). The van der Waals surface area contributed by atoms with Gasteiger partial charge in [-0.3, -0.25) is 9.48 Å². The third-order valence-electron chi connectivity index (χ3n) is 4.03. The monoisotopic (exact) mass is 293 g/mol. The molecule has 0 spiro atoms. The fraction of sp³-hybridized carbons (Fsp3) is 0.750. The Balaban J connectivity index is 2.29. The quantitative estimate of drug-likeness (QED) is 0.841. The van der Waals surface area contributed by atoms with Gasteiger partial charge >= 0.3 is 0 Å². The molecule has 1 aliphatic rings. The first-order valence-corrected chi connectivity index (χ1v) is 7.58. The molecule has 1 amide bonds. The van der Waals surface area contributed by atoms with Crippen molar-refractivity contribution in [2.24, 2.45) is 12.5 Å². The highest BCUT2D eigenvalue weighted by molar-refractivity contribution is 5.77. The average molecular weight is 293 g/mol. The van der Waals surface area contributed by atoms with Gasteiger partial charge in [0.1, 0.15) is 0 Å². The second-order valence-electron chi connectivity index (χ2n) is 7.12. The average Bonchev–Trinajstić information content (AvgIpc) is 2.61. The van der Waals surface area contributed by atoms with Gasteiger partial charge in [-0.05, 0) is 19.3 Å². The lowest BCUT2D eigenvalue weighted by atomic mass is 9.90. The molecule has 0 bridgehead atoms. The van der Waals surface area contributed by atoms with E-state index >= 15 is 0 Å². The fourth-order valence-electron chi connectivity index (χ4n) is 2.97. The summed E-state index contributed by atoms with van der Waals surface area (Å²) in [5, 5.41) is 4.48. The Labute approximate surface area is 127 Å². The maximum Gasteiger partial charge on any atom is 0.223 e. The van der Waals surface area contributed by atoms with E-state index in [0.717, 1.165) is 17.0 Å². The van der Waals surface area contributed by atoms with Crippen molar-refractivity contribution in [3.05, 3.63) is 17.0 Å². The lowest BCUT2D eigenvalue weighted by molar-refractivity contribution is -0.142. The molecule has 1 saturated heterocycles. The van der Waals surface area contributed by atoms with Crippen LogP contribution in [0, 0.1) is 19.3 Å². The molecular weight excluding hydrogens is 266 g/mol. The molecular formula is C16H27N3O2. The van der Waals surface area contributed by atoms with E-state index in [4.69, 9.17) is 4.74 Å². The number of aromatic nitrogens is 2. The van der Waals surface area contributed by atoms with Gasteiger partial charge in [-0.15, -0.1) is 0 Å². The highest BCUT2D eigenvalue weighted by atomic mass is 16.5. The summed E-state index contributed by atoms with van der Waals surface area (Å²) in [5.74, 6) is 0.207. The Morgan fingerprint density at radius 3 is 2.57 bits per heavy atom. The predicted octanol–water partition coefficient (Wildman–Crippen LogP) is 2.37. The number of nitrogens with zero attached hydrogens (tertiary/aromatic N) is 3. The summed E-state index contributed by atoms with van der Waals surface area (Å²) < 4.78 is 7.52. The van der Waals surface area contributed by atoms with E-state index in [0.29, 0.717) is 26.2 Å². The van der Waals surface area contributed by atoms with Gasteiger partial charge in [-0.2, -0.15) is 5.10 Å². The minimum absolute atomic E-state index is 0.00103. The molecule has 1 aromatic rings. The molecule has 0 radical (unpaired) electrons. The van der Waals surface area contributed by atoms with Gasteiger partial charge < -0.3 is 9.64 Å². The van der Waals surface area contributed by atoms with E-state index < -0.39 is 0 Å². The Morgan fingerprint density at radius 1 is 1.38 bits per heavy atom. The molecule has 1 aromatic heterocycles. The maximum absolute atomic E-state index is 12.7. The number of carbonyl (C=O) groups is 1. The smallest absolute Gasteiger partial charge is 0.223 e. The number of ether oxygens (including phenoxy) is 1. The minimum atomic E-state index is -0.0118. The number of rotatable bonds is 2. The summed E-state index contributed by atoms with van der Waals surface area (Å²) in [6.07, 6.45) is 0.557. The largest absolute Gasteiger partial charge is 0.377 e. The Bertz CT molecular complexity index is 528. The molecule has 118 valence electrons. The normalized spacial score (nSPS) is 19.9. The molecule has 0 saturated carbocycles. The van der Waals surface area contributed by atoms with Crippen LogP contribution in [0.15, 0.2) is 0 Å². The highest BCUT2D eigenvalue weighted by Gasteiger charge is 2.33. The van der Waals surface area contributed by atoms with E-state index in [1.807, 2.05) is 23.6 Å². The van der Waals surface area contributed by atoms with Crippen LogP contribution in [0.1, 0.15) is 50.2 Å². The van der Waals surface area contributed by atoms with Crippen LogP contribution in [0.4, 0.5) is 0 Å². The maximum atomic E-state index is 12.7. The Hall–Kier alpha value is -1.36. The number of amides is 1. The third kappa shape index (κ3) is 3.46. The van der Waals surface area contributed by atoms with Gasteiger partial charge in [-0.1, -0.05) is 20.8 Å². The van der Waals surface area contributed by atoms with Gasteiger partial charge in [0.25, 0.3) is 0 Å². The first-order valence-electron chi connectivity index (χ1n) is 7.58. The fourth-order valence-corrected chi connectivity index (χ4v) is 2.97. The molecule has 5 heteroatoms. The second-order valence-corrected chi connectivity index (χ2v) is 7.12. The van der Waals surface area contributed by atoms with Crippen molar-refractivity contribution in [1.29, 1.82) is 0 Å². The van der Waals surface area contributed by atoms with E-state index in [1.165, 1.54) is 0 Å². The van der Waals surface area contributed by atoms with Crippen LogP contribution in [0.5, 0.6) is 0 Å². The van der Waals surface area contributed by atoms with Gasteiger partial charge in [0.15, 0.2) is 0 Å². The van der Waals surface area contributed by atoms with Crippen LogP contribution in [0.25, 0.3) is 0 Å². The molecule has 5 nitrogen and oxygen atoms in total. The number of hydrogen-bond donors (Lipinski definition) is 0. The SMILES string of the molecule is Cc1nn(C)c(C)c1C1COCCN1C(=O)CC(C)(C)C. The van der Waals surface area contributed by atoms with Crippen molar-refractivity contribution >= 4 is 5.91 Å². The number of carbonyl (C=O) groups excluding carboxylic acids is 1. The van der Waals surface area contributed by atoms with Crippen LogP contribution >= 0.6 is 0 Å². The van der Waals surface area contributed by atoms with Crippen LogP contribution in [-0.4, -0.2) is 40.3 Å². The van der Waals surface area contributed by atoms with Crippen molar-refractivity contribution in [1.82, 2.24) is 14.7 Å². The van der Waals surface area contributed by atoms with Gasteiger partial charge in [0, 0.05) is 31.3 Å². The molecule has 1 unspecified atom stereocenters. The van der Waals surface area contributed by atoms with Crippen molar-refractivity contribution in [3.63, 3.8) is 0 Å². The third-order valence-corrected chi connectivity index (χ3v) is 4.03. The zero-order valence-corrected chi connectivity index (χ0v) is 14.1. The van der Waals surface area contributed by atoms with Crippen molar-refractivity contribution in [3.8, 4) is 0 Å². The van der Waals surface area contributed by atoms with Gasteiger partial charge in [0.2, 0.25) is 5.91 Å².